The Balaban J connectivity index is 1.67. The maximum atomic E-state index is 12.7. The van der Waals surface area contributed by atoms with Crippen molar-refractivity contribution in [1.29, 1.82) is 0 Å². The van der Waals surface area contributed by atoms with Gasteiger partial charge in [-0.2, -0.15) is 0 Å². The number of aryl methyl sites for hydroxylation is 1. The molecule has 3 rings (SSSR count). The molecule has 128 valence electrons. The highest BCUT2D eigenvalue weighted by atomic mass is 32.1. The van der Waals surface area contributed by atoms with Gasteiger partial charge in [0.05, 0.1) is 11.7 Å². The molecule has 24 heavy (non-hydrogen) atoms. The molecule has 1 aliphatic heterocycles. The van der Waals surface area contributed by atoms with Crippen LogP contribution in [0.3, 0.4) is 0 Å². The Morgan fingerprint density at radius 3 is 3.04 bits per heavy atom. The van der Waals surface area contributed by atoms with Gasteiger partial charge in [0.2, 0.25) is 5.91 Å². The van der Waals surface area contributed by atoms with Crippen LogP contribution in [0.25, 0.3) is 0 Å². The fraction of sp³-hybridized carbons (Fsp3) is 0.500. The summed E-state index contributed by atoms with van der Waals surface area (Å²) in [5.74, 6) is 1.00. The first-order valence-corrected chi connectivity index (χ1v) is 9.30. The molecule has 0 spiro atoms. The summed E-state index contributed by atoms with van der Waals surface area (Å²) in [5, 5.41) is 2.06. The number of aromatic nitrogens is 2. The molecule has 0 saturated carbocycles. The second-order valence-corrected chi connectivity index (χ2v) is 7.50. The Bertz CT molecular complexity index is 671. The predicted molar refractivity (Wildman–Crippen MR) is 95.8 cm³/mol. The van der Waals surface area contributed by atoms with Gasteiger partial charge >= 0.3 is 0 Å². The number of carbonyl (C=O) groups is 1. The number of carbonyl (C=O) groups excluding carboxylic acids is 1. The lowest BCUT2D eigenvalue weighted by atomic mass is 10.2. The van der Waals surface area contributed by atoms with Crippen molar-refractivity contribution in [2.75, 3.05) is 20.6 Å². The van der Waals surface area contributed by atoms with Gasteiger partial charge in [0, 0.05) is 30.6 Å². The highest BCUT2D eigenvalue weighted by Gasteiger charge is 2.31. The Labute approximate surface area is 147 Å². The van der Waals surface area contributed by atoms with Crippen LogP contribution in [0.15, 0.2) is 29.8 Å². The average Bonchev–Trinajstić information content (AvgIpc) is 3.23. The largest absolute Gasteiger partial charge is 0.332 e. The smallest absolute Gasteiger partial charge is 0.223 e. The topological polar surface area (TPSA) is 49.3 Å². The Morgan fingerprint density at radius 2 is 2.29 bits per heavy atom. The maximum Gasteiger partial charge on any atom is 0.223 e. The van der Waals surface area contributed by atoms with E-state index in [-0.39, 0.29) is 11.9 Å². The first-order valence-electron chi connectivity index (χ1n) is 8.42. The van der Waals surface area contributed by atoms with Gasteiger partial charge in [0.25, 0.3) is 0 Å². The summed E-state index contributed by atoms with van der Waals surface area (Å²) in [5.41, 5.74) is 1.00. The molecule has 3 heterocycles. The highest BCUT2D eigenvalue weighted by Crippen LogP contribution is 2.30. The quantitative estimate of drug-likeness (QED) is 0.808. The third-order valence-corrected chi connectivity index (χ3v) is 5.18. The summed E-state index contributed by atoms with van der Waals surface area (Å²) in [4.78, 5) is 27.1. The molecule has 2 aromatic heterocycles. The molecular formula is C18H24N4OS. The van der Waals surface area contributed by atoms with Gasteiger partial charge in [-0.15, -0.1) is 11.3 Å². The van der Waals surface area contributed by atoms with E-state index in [1.165, 1.54) is 4.88 Å². The van der Waals surface area contributed by atoms with Gasteiger partial charge in [-0.3, -0.25) is 4.79 Å². The number of rotatable bonds is 6. The van der Waals surface area contributed by atoms with Crippen LogP contribution < -0.4 is 0 Å². The van der Waals surface area contributed by atoms with Crippen molar-refractivity contribution < 1.29 is 4.79 Å². The fourth-order valence-electron chi connectivity index (χ4n) is 3.15. The molecular weight excluding hydrogens is 320 g/mol. The maximum absolute atomic E-state index is 12.7. The number of hydrogen-bond donors (Lipinski definition) is 0. The van der Waals surface area contributed by atoms with Gasteiger partial charge in [-0.05, 0) is 50.9 Å². The van der Waals surface area contributed by atoms with Crippen LogP contribution in [0.4, 0.5) is 0 Å². The van der Waals surface area contributed by atoms with Crippen LogP contribution in [0.1, 0.15) is 41.7 Å². The van der Waals surface area contributed by atoms with Crippen molar-refractivity contribution >= 4 is 17.2 Å². The SMILES string of the molecule is CN(C)Cc1ccnc(C2CCCN2C(=O)CCc2cccs2)n1. The van der Waals surface area contributed by atoms with E-state index < -0.39 is 0 Å². The molecule has 0 aromatic carbocycles. The summed E-state index contributed by atoms with van der Waals surface area (Å²) >= 11 is 1.71. The molecule has 0 N–H and O–H groups in total. The van der Waals surface area contributed by atoms with Crippen LogP contribution in [0, 0.1) is 0 Å². The molecule has 0 radical (unpaired) electrons. The van der Waals surface area contributed by atoms with Crippen LogP contribution in [0.5, 0.6) is 0 Å². The van der Waals surface area contributed by atoms with Gasteiger partial charge < -0.3 is 9.80 Å². The van der Waals surface area contributed by atoms with Crippen LogP contribution >= 0.6 is 11.3 Å². The molecule has 0 bridgehead atoms. The number of likely N-dealkylation sites (tertiary alicyclic amines) is 1. The van der Waals surface area contributed by atoms with E-state index in [9.17, 15) is 4.79 Å². The summed E-state index contributed by atoms with van der Waals surface area (Å²) in [6.07, 6.45) is 5.18. The molecule has 0 aliphatic carbocycles. The van der Waals surface area contributed by atoms with Gasteiger partial charge in [-0.25, -0.2) is 9.97 Å². The molecule has 2 aromatic rings. The van der Waals surface area contributed by atoms with E-state index >= 15 is 0 Å². The number of nitrogens with zero attached hydrogens (tertiary/aromatic N) is 4. The van der Waals surface area contributed by atoms with Gasteiger partial charge in [0.1, 0.15) is 0 Å². The van der Waals surface area contributed by atoms with E-state index in [1.54, 1.807) is 11.3 Å². The van der Waals surface area contributed by atoms with Crippen LogP contribution in [-0.2, 0) is 17.8 Å². The van der Waals surface area contributed by atoms with Crippen molar-refractivity contribution in [3.05, 3.63) is 46.2 Å². The molecule has 1 saturated heterocycles. The third-order valence-electron chi connectivity index (χ3n) is 4.25. The zero-order valence-electron chi connectivity index (χ0n) is 14.3. The normalized spacial score (nSPS) is 17.6. The zero-order chi connectivity index (χ0) is 16.9. The number of thiophene rings is 1. The summed E-state index contributed by atoms with van der Waals surface area (Å²) in [6.45, 7) is 1.60. The molecule has 5 nitrogen and oxygen atoms in total. The first kappa shape index (κ1) is 17.0. The molecule has 1 fully saturated rings. The molecule has 1 amide bonds. The minimum absolute atomic E-state index is 0.0305. The second kappa shape index (κ2) is 7.85. The lowest BCUT2D eigenvalue weighted by Crippen LogP contribution is -2.31. The standard InChI is InChI=1S/C18H24N4OS/c1-21(2)13-14-9-10-19-18(20-14)16-6-3-11-22(16)17(23)8-7-15-5-4-12-24-15/h4-5,9-10,12,16H,3,6-8,11,13H2,1-2H3. The zero-order valence-corrected chi connectivity index (χ0v) is 15.1. The van der Waals surface area contributed by atoms with Crippen molar-refractivity contribution in [1.82, 2.24) is 19.8 Å². The third kappa shape index (κ3) is 4.19. The minimum Gasteiger partial charge on any atom is -0.332 e. The summed E-state index contributed by atoms with van der Waals surface area (Å²) in [7, 11) is 4.05. The lowest BCUT2D eigenvalue weighted by Gasteiger charge is -2.24. The van der Waals surface area contributed by atoms with Crippen LogP contribution in [0.2, 0.25) is 0 Å². The molecule has 1 atom stereocenters. The van der Waals surface area contributed by atoms with Crippen molar-refractivity contribution in [2.45, 2.75) is 38.3 Å². The molecule has 1 aliphatic rings. The van der Waals surface area contributed by atoms with Crippen molar-refractivity contribution in [2.24, 2.45) is 0 Å². The van der Waals surface area contributed by atoms with Crippen molar-refractivity contribution in [3.63, 3.8) is 0 Å². The average molecular weight is 344 g/mol. The molecule has 6 heteroatoms. The first-order chi connectivity index (χ1) is 11.6. The lowest BCUT2D eigenvalue weighted by molar-refractivity contribution is -0.132. The molecule has 1 unspecified atom stereocenters. The van der Waals surface area contributed by atoms with Gasteiger partial charge in [-0.1, -0.05) is 6.07 Å². The highest BCUT2D eigenvalue weighted by molar-refractivity contribution is 7.09. The van der Waals surface area contributed by atoms with Gasteiger partial charge in [0.15, 0.2) is 5.82 Å². The van der Waals surface area contributed by atoms with E-state index in [0.717, 1.165) is 43.9 Å². The monoisotopic (exact) mass is 344 g/mol. The predicted octanol–water partition coefficient (Wildman–Crippen LogP) is 2.90. The van der Waals surface area contributed by atoms with E-state index in [2.05, 4.69) is 21.3 Å². The van der Waals surface area contributed by atoms with Crippen molar-refractivity contribution in [3.8, 4) is 0 Å². The Morgan fingerprint density at radius 1 is 1.42 bits per heavy atom. The van der Waals surface area contributed by atoms with Crippen LogP contribution in [-0.4, -0.2) is 46.3 Å². The van der Waals surface area contributed by atoms with E-state index in [4.69, 9.17) is 4.98 Å². The van der Waals surface area contributed by atoms with E-state index in [1.807, 2.05) is 37.3 Å². The summed E-state index contributed by atoms with van der Waals surface area (Å²) < 4.78 is 0. The van der Waals surface area contributed by atoms with E-state index in [0.29, 0.717) is 6.42 Å². The Kier molecular flexibility index (Phi) is 5.58. The second-order valence-electron chi connectivity index (χ2n) is 6.47. The Hall–Kier alpha value is -1.79. The number of amides is 1. The summed E-state index contributed by atoms with van der Waals surface area (Å²) in [6, 6.07) is 6.10. The minimum atomic E-state index is 0.0305. The fourth-order valence-corrected chi connectivity index (χ4v) is 3.86. The number of hydrogen-bond acceptors (Lipinski definition) is 5.